The highest BCUT2D eigenvalue weighted by Crippen LogP contribution is 2.34. The van der Waals surface area contributed by atoms with Crippen LogP contribution in [0.4, 0.5) is 16.5 Å². The molecule has 1 heterocycles. The van der Waals surface area contributed by atoms with Crippen LogP contribution in [0.2, 0.25) is 0 Å². The van der Waals surface area contributed by atoms with E-state index in [1.807, 2.05) is 0 Å². The average molecular weight is 430 g/mol. The topological polar surface area (TPSA) is 147 Å². The zero-order valence-corrected chi connectivity index (χ0v) is 16.5. The number of benzene rings is 2. The minimum atomic E-state index is -0.848. The van der Waals surface area contributed by atoms with E-state index in [2.05, 4.69) is 10.3 Å². The fraction of sp³-hybridized carbons (Fsp3) is 0.111. The van der Waals surface area contributed by atoms with Gasteiger partial charge in [0.25, 0.3) is 17.3 Å². The van der Waals surface area contributed by atoms with Gasteiger partial charge in [-0.1, -0.05) is 0 Å². The number of hydrogen-bond acceptors (Lipinski definition) is 9. The summed E-state index contributed by atoms with van der Waals surface area (Å²) in [7, 11) is 3.02. The van der Waals surface area contributed by atoms with Gasteiger partial charge < -0.3 is 9.47 Å². The van der Waals surface area contributed by atoms with Crippen molar-refractivity contribution >= 4 is 33.8 Å². The van der Waals surface area contributed by atoms with E-state index in [-0.39, 0.29) is 10.7 Å². The molecule has 0 saturated carbocycles. The van der Waals surface area contributed by atoms with Gasteiger partial charge >= 0.3 is 0 Å². The molecule has 0 unspecified atom stereocenters. The Morgan fingerprint density at radius 3 is 2.40 bits per heavy atom. The molecule has 3 rings (SSSR count). The summed E-state index contributed by atoms with van der Waals surface area (Å²) in [4.78, 5) is 37.2. The highest BCUT2D eigenvalue weighted by molar-refractivity contribution is 7.14. The van der Waals surface area contributed by atoms with Gasteiger partial charge in [0.05, 0.1) is 35.8 Å². The van der Waals surface area contributed by atoms with Crippen LogP contribution >= 0.6 is 11.3 Å². The van der Waals surface area contributed by atoms with Crippen molar-refractivity contribution in [3.63, 3.8) is 0 Å². The molecule has 0 aliphatic carbocycles. The number of methoxy groups -OCH3 is 2. The summed E-state index contributed by atoms with van der Waals surface area (Å²) in [6.07, 6.45) is 0. The second-order valence-electron chi connectivity index (χ2n) is 5.78. The molecule has 0 spiro atoms. The first-order valence-electron chi connectivity index (χ1n) is 8.26. The molecule has 0 fully saturated rings. The van der Waals surface area contributed by atoms with Gasteiger partial charge in [-0.15, -0.1) is 11.3 Å². The molecule has 0 atom stereocenters. The van der Waals surface area contributed by atoms with Crippen LogP contribution < -0.4 is 14.8 Å². The minimum Gasteiger partial charge on any atom is -0.493 e. The Morgan fingerprint density at radius 2 is 1.77 bits per heavy atom. The lowest BCUT2D eigenvalue weighted by Crippen LogP contribution is -2.14. The lowest BCUT2D eigenvalue weighted by molar-refractivity contribution is -0.394. The number of nitro groups is 2. The van der Waals surface area contributed by atoms with Crippen molar-refractivity contribution in [1.82, 2.24) is 4.98 Å². The Balaban J connectivity index is 1.85. The van der Waals surface area contributed by atoms with E-state index in [0.29, 0.717) is 22.8 Å². The number of nitro benzene ring substituents is 2. The predicted molar refractivity (Wildman–Crippen MR) is 108 cm³/mol. The number of non-ortho nitro benzene ring substituents is 1. The predicted octanol–water partition coefficient (Wildman–Crippen LogP) is 3.90. The minimum absolute atomic E-state index is 0.206. The summed E-state index contributed by atoms with van der Waals surface area (Å²) < 4.78 is 10.4. The van der Waals surface area contributed by atoms with Gasteiger partial charge in [-0.25, -0.2) is 4.98 Å². The van der Waals surface area contributed by atoms with Gasteiger partial charge in [-0.2, -0.15) is 0 Å². The number of nitrogens with zero attached hydrogens (tertiary/aromatic N) is 3. The summed E-state index contributed by atoms with van der Waals surface area (Å²) in [5, 5.41) is 26.4. The van der Waals surface area contributed by atoms with E-state index in [1.165, 1.54) is 14.2 Å². The van der Waals surface area contributed by atoms with Crippen molar-refractivity contribution in [3.05, 3.63) is 67.6 Å². The van der Waals surface area contributed by atoms with Gasteiger partial charge in [-0.3, -0.25) is 30.3 Å². The van der Waals surface area contributed by atoms with Gasteiger partial charge in [0.15, 0.2) is 16.6 Å². The Morgan fingerprint density at radius 1 is 1.03 bits per heavy atom. The van der Waals surface area contributed by atoms with Gasteiger partial charge in [0.2, 0.25) is 0 Å². The normalized spacial score (nSPS) is 10.3. The molecule has 1 amide bonds. The number of amides is 1. The fourth-order valence-corrected chi connectivity index (χ4v) is 3.32. The molecule has 1 N–H and O–H groups in total. The highest BCUT2D eigenvalue weighted by atomic mass is 32.1. The van der Waals surface area contributed by atoms with Gasteiger partial charge in [0, 0.05) is 17.0 Å². The highest BCUT2D eigenvalue weighted by Gasteiger charge is 2.24. The van der Waals surface area contributed by atoms with Crippen LogP contribution in [0.25, 0.3) is 11.3 Å². The maximum absolute atomic E-state index is 12.5. The molecule has 0 aliphatic heterocycles. The number of carbonyl (C=O) groups excluding carboxylic acids is 1. The Hall–Kier alpha value is -4.06. The zero-order chi connectivity index (χ0) is 21.8. The molecule has 3 aromatic rings. The molecule has 11 nitrogen and oxygen atoms in total. The molecule has 0 aliphatic rings. The Labute approximate surface area is 173 Å². The van der Waals surface area contributed by atoms with Crippen LogP contribution in [0.1, 0.15) is 10.4 Å². The smallest absolute Gasteiger partial charge is 0.289 e. The number of carbonyl (C=O) groups is 1. The maximum Gasteiger partial charge on any atom is 0.289 e. The first-order valence-corrected chi connectivity index (χ1v) is 9.14. The summed E-state index contributed by atoms with van der Waals surface area (Å²) >= 11 is 1.12. The molecule has 0 bridgehead atoms. The number of nitrogens with one attached hydrogen (secondary N) is 1. The number of ether oxygens (including phenoxy) is 2. The number of thiazole rings is 1. The van der Waals surface area contributed by atoms with Crippen LogP contribution in [0, 0.1) is 20.2 Å². The van der Waals surface area contributed by atoms with Crippen molar-refractivity contribution in [3.8, 4) is 22.8 Å². The lowest BCUT2D eigenvalue weighted by atomic mass is 10.1. The first-order chi connectivity index (χ1) is 14.3. The average Bonchev–Trinajstić information content (AvgIpc) is 3.20. The van der Waals surface area contributed by atoms with E-state index in [0.717, 1.165) is 29.5 Å². The van der Waals surface area contributed by atoms with Crippen molar-refractivity contribution in [1.29, 1.82) is 0 Å². The summed E-state index contributed by atoms with van der Waals surface area (Å²) in [5.41, 5.74) is -0.199. The molecule has 30 heavy (non-hydrogen) atoms. The quantitative estimate of drug-likeness (QED) is 0.438. The van der Waals surface area contributed by atoms with E-state index < -0.39 is 27.1 Å². The second-order valence-corrected chi connectivity index (χ2v) is 6.64. The molecule has 12 heteroatoms. The lowest BCUT2D eigenvalue weighted by Gasteiger charge is -2.08. The van der Waals surface area contributed by atoms with E-state index in [9.17, 15) is 25.0 Å². The van der Waals surface area contributed by atoms with Crippen LogP contribution in [-0.4, -0.2) is 35.0 Å². The Kier molecular flexibility index (Phi) is 5.88. The van der Waals surface area contributed by atoms with Gasteiger partial charge in [-0.05, 0) is 24.3 Å². The third-order valence-electron chi connectivity index (χ3n) is 4.04. The number of rotatable bonds is 7. The van der Waals surface area contributed by atoms with Crippen LogP contribution in [0.3, 0.4) is 0 Å². The van der Waals surface area contributed by atoms with Crippen LogP contribution in [0.5, 0.6) is 11.5 Å². The zero-order valence-electron chi connectivity index (χ0n) is 15.6. The number of hydrogen-bond donors (Lipinski definition) is 1. The molecule has 0 radical (unpaired) electrons. The molecule has 0 saturated heterocycles. The SMILES string of the molecule is COc1ccc(-c2csc(NC(=O)c3ccc([N+](=O)[O-])cc3[N+](=O)[O-])n2)cc1OC. The number of aromatic nitrogens is 1. The molecule has 154 valence electrons. The van der Waals surface area contributed by atoms with E-state index >= 15 is 0 Å². The second kappa shape index (κ2) is 8.53. The van der Waals surface area contributed by atoms with Crippen molar-refractivity contribution < 1.29 is 24.1 Å². The first kappa shape index (κ1) is 20.7. The van der Waals surface area contributed by atoms with Gasteiger partial charge in [0.1, 0.15) is 5.56 Å². The summed E-state index contributed by atoms with van der Waals surface area (Å²) in [6.45, 7) is 0. The van der Waals surface area contributed by atoms with E-state index in [1.54, 1.807) is 23.6 Å². The van der Waals surface area contributed by atoms with E-state index in [4.69, 9.17) is 9.47 Å². The summed E-state index contributed by atoms with van der Waals surface area (Å²) in [6, 6.07) is 8.01. The number of anilines is 1. The summed E-state index contributed by atoms with van der Waals surface area (Å²) in [5.74, 6) is 0.260. The largest absolute Gasteiger partial charge is 0.493 e. The van der Waals surface area contributed by atoms with Crippen molar-refractivity contribution in [2.45, 2.75) is 0 Å². The fourth-order valence-electron chi connectivity index (χ4n) is 2.60. The molecule has 2 aromatic carbocycles. The third kappa shape index (κ3) is 4.17. The standard InChI is InChI=1S/C18H14N4O7S/c1-28-15-6-3-10(7-16(15)29-2)13-9-30-18(19-13)20-17(23)12-5-4-11(21(24)25)8-14(12)22(26)27/h3-9H,1-2H3,(H,19,20,23). The molecule has 1 aromatic heterocycles. The maximum atomic E-state index is 12.5. The third-order valence-corrected chi connectivity index (χ3v) is 4.80. The van der Waals surface area contributed by atoms with Crippen molar-refractivity contribution in [2.75, 3.05) is 19.5 Å². The van der Waals surface area contributed by atoms with Crippen LogP contribution in [0.15, 0.2) is 41.8 Å². The molecular weight excluding hydrogens is 416 g/mol. The van der Waals surface area contributed by atoms with Crippen LogP contribution in [-0.2, 0) is 0 Å². The van der Waals surface area contributed by atoms with Crippen molar-refractivity contribution in [2.24, 2.45) is 0 Å². The monoisotopic (exact) mass is 430 g/mol. The molecular formula is C18H14N4O7S. The Bertz CT molecular complexity index is 1150.